The number of hydrogen-bond acceptors (Lipinski definition) is 2. The van der Waals surface area contributed by atoms with E-state index in [1.807, 2.05) is 6.92 Å². The van der Waals surface area contributed by atoms with E-state index in [1.54, 1.807) is 0 Å². The third-order valence-corrected chi connectivity index (χ3v) is 2.52. The summed E-state index contributed by atoms with van der Waals surface area (Å²) in [6.45, 7) is 7.02. The van der Waals surface area contributed by atoms with E-state index in [4.69, 9.17) is 10.5 Å². The van der Waals surface area contributed by atoms with Crippen LogP contribution in [0.1, 0.15) is 37.3 Å². The van der Waals surface area contributed by atoms with Crippen LogP contribution in [0.5, 0.6) is 5.75 Å². The van der Waals surface area contributed by atoms with Crippen LogP contribution in [0.2, 0.25) is 0 Å². The van der Waals surface area contributed by atoms with Crippen LogP contribution in [-0.4, -0.2) is 12.6 Å². The highest BCUT2D eigenvalue weighted by molar-refractivity contribution is 5.32. The molecule has 2 nitrogen and oxygen atoms in total. The molecular weight excluding hydrogens is 198 g/mol. The molecule has 0 aliphatic carbocycles. The second kappa shape index (κ2) is 6.54. The van der Waals surface area contributed by atoms with E-state index >= 15 is 0 Å². The molecule has 0 saturated heterocycles. The number of nitrogens with two attached hydrogens (primary N) is 1. The minimum Gasteiger partial charge on any atom is -0.494 e. The Labute approximate surface area is 98.8 Å². The van der Waals surface area contributed by atoms with E-state index in [2.05, 4.69) is 32.0 Å². The average Bonchev–Trinajstić information content (AvgIpc) is 2.15. The fraction of sp³-hybridized carbons (Fsp3) is 0.571. The molecule has 1 unspecified atom stereocenters. The molecule has 0 fully saturated rings. The van der Waals surface area contributed by atoms with Crippen molar-refractivity contribution in [3.05, 3.63) is 29.3 Å². The van der Waals surface area contributed by atoms with Gasteiger partial charge in [0.2, 0.25) is 0 Å². The van der Waals surface area contributed by atoms with Crippen LogP contribution in [-0.2, 0) is 0 Å². The Morgan fingerprint density at radius 3 is 2.31 bits per heavy atom. The summed E-state index contributed by atoms with van der Waals surface area (Å²) in [6.07, 6.45) is 3.30. The molecule has 0 aliphatic rings. The van der Waals surface area contributed by atoms with E-state index in [0.717, 1.165) is 31.6 Å². The summed E-state index contributed by atoms with van der Waals surface area (Å²) in [5, 5.41) is 0. The number of aryl methyl sites for hydroxylation is 2. The summed E-state index contributed by atoms with van der Waals surface area (Å²) in [5.41, 5.74) is 8.19. The smallest absolute Gasteiger partial charge is 0.119 e. The highest BCUT2D eigenvalue weighted by atomic mass is 16.5. The van der Waals surface area contributed by atoms with Crippen molar-refractivity contribution >= 4 is 0 Å². The van der Waals surface area contributed by atoms with E-state index in [-0.39, 0.29) is 0 Å². The number of benzene rings is 1. The van der Waals surface area contributed by atoms with Gasteiger partial charge in [0.25, 0.3) is 0 Å². The monoisotopic (exact) mass is 221 g/mol. The van der Waals surface area contributed by atoms with Crippen molar-refractivity contribution in [2.75, 3.05) is 6.61 Å². The maximum atomic E-state index is 5.71. The first-order chi connectivity index (χ1) is 7.58. The van der Waals surface area contributed by atoms with E-state index < -0.39 is 0 Å². The lowest BCUT2D eigenvalue weighted by Gasteiger charge is -2.09. The van der Waals surface area contributed by atoms with Crippen LogP contribution in [0.4, 0.5) is 0 Å². The quantitative estimate of drug-likeness (QED) is 0.749. The van der Waals surface area contributed by atoms with Crippen LogP contribution in [0.3, 0.4) is 0 Å². The van der Waals surface area contributed by atoms with E-state index in [1.165, 1.54) is 11.1 Å². The van der Waals surface area contributed by atoms with Crippen molar-refractivity contribution in [1.29, 1.82) is 0 Å². The van der Waals surface area contributed by atoms with Crippen LogP contribution in [0.25, 0.3) is 0 Å². The Morgan fingerprint density at radius 2 is 1.75 bits per heavy atom. The summed E-state index contributed by atoms with van der Waals surface area (Å²) in [6, 6.07) is 6.63. The number of hydrogen-bond donors (Lipinski definition) is 1. The average molecular weight is 221 g/mol. The fourth-order valence-corrected chi connectivity index (χ4v) is 1.77. The van der Waals surface area contributed by atoms with Crippen molar-refractivity contribution in [2.45, 2.75) is 46.1 Å². The zero-order valence-electron chi connectivity index (χ0n) is 10.6. The molecule has 2 heteroatoms. The second-order valence-electron chi connectivity index (χ2n) is 4.64. The highest BCUT2D eigenvalue weighted by Crippen LogP contribution is 2.16. The number of unbranched alkanes of at least 4 members (excludes halogenated alkanes) is 1. The standard InChI is InChI=1S/C14H23NO/c1-11-8-12(2)10-14(9-11)16-7-5-4-6-13(3)15/h8-10,13H,4-7,15H2,1-3H3. The Bertz CT molecular complexity index is 300. The van der Waals surface area contributed by atoms with Gasteiger partial charge in [-0.2, -0.15) is 0 Å². The van der Waals surface area contributed by atoms with Gasteiger partial charge in [-0.1, -0.05) is 6.07 Å². The molecule has 0 radical (unpaired) electrons. The summed E-state index contributed by atoms with van der Waals surface area (Å²) in [7, 11) is 0. The fourth-order valence-electron chi connectivity index (χ4n) is 1.77. The molecule has 2 N–H and O–H groups in total. The predicted molar refractivity (Wildman–Crippen MR) is 68.9 cm³/mol. The minimum atomic E-state index is 0.307. The molecule has 1 aromatic rings. The molecule has 16 heavy (non-hydrogen) atoms. The van der Waals surface area contributed by atoms with Crippen molar-refractivity contribution in [2.24, 2.45) is 5.73 Å². The summed E-state index contributed by atoms with van der Waals surface area (Å²) < 4.78 is 5.71. The van der Waals surface area contributed by atoms with Crippen molar-refractivity contribution in [3.8, 4) is 5.75 Å². The lowest BCUT2D eigenvalue weighted by Crippen LogP contribution is -2.14. The van der Waals surface area contributed by atoms with Gasteiger partial charge in [0, 0.05) is 6.04 Å². The zero-order chi connectivity index (χ0) is 12.0. The Morgan fingerprint density at radius 1 is 1.12 bits per heavy atom. The van der Waals surface area contributed by atoms with Crippen LogP contribution < -0.4 is 10.5 Å². The number of rotatable bonds is 6. The van der Waals surface area contributed by atoms with Gasteiger partial charge in [-0.15, -0.1) is 0 Å². The van der Waals surface area contributed by atoms with Gasteiger partial charge < -0.3 is 10.5 Å². The van der Waals surface area contributed by atoms with Crippen LogP contribution in [0, 0.1) is 13.8 Å². The second-order valence-corrected chi connectivity index (χ2v) is 4.64. The zero-order valence-corrected chi connectivity index (χ0v) is 10.6. The van der Waals surface area contributed by atoms with Gasteiger partial charge in [0.1, 0.15) is 5.75 Å². The van der Waals surface area contributed by atoms with Gasteiger partial charge in [-0.05, 0) is 63.3 Å². The topological polar surface area (TPSA) is 35.2 Å². The molecule has 0 amide bonds. The van der Waals surface area contributed by atoms with Gasteiger partial charge in [0.05, 0.1) is 6.61 Å². The molecule has 1 rings (SSSR count). The normalized spacial score (nSPS) is 12.5. The van der Waals surface area contributed by atoms with Crippen molar-refractivity contribution in [3.63, 3.8) is 0 Å². The molecule has 0 aromatic heterocycles. The van der Waals surface area contributed by atoms with Crippen molar-refractivity contribution in [1.82, 2.24) is 0 Å². The highest BCUT2D eigenvalue weighted by Gasteiger charge is 1.98. The maximum Gasteiger partial charge on any atom is 0.119 e. The van der Waals surface area contributed by atoms with Gasteiger partial charge in [0.15, 0.2) is 0 Å². The first-order valence-electron chi connectivity index (χ1n) is 6.04. The first-order valence-corrected chi connectivity index (χ1v) is 6.04. The lowest BCUT2D eigenvalue weighted by molar-refractivity contribution is 0.303. The molecule has 0 aliphatic heterocycles. The van der Waals surface area contributed by atoms with Gasteiger partial charge in [-0.3, -0.25) is 0 Å². The molecule has 0 saturated carbocycles. The van der Waals surface area contributed by atoms with Crippen LogP contribution in [0.15, 0.2) is 18.2 Å². The summed E-state index contributed by atoms with van der Waals surface area (Å²) in [5.74, 6) is 0.985. The molecule has 0 bridgehead atoms. The third kappa shape index (κ3) is 5.17. The largest absolute Gasteiger partial charge is 0.494 e. The maximum absolute atomic E-state index is 5.71. The third-order valence-electron chi connectivity index (χ3n) is 2.52. The predicted octanol–water partition coefficient (Wildman–Crippen LogP) is 3.20. The van der Waals surface area contributed by atoms with Crippen molar-refractivity contribution < 1.29 is 4.74 Å². The summed E-state index contributed by atoms with van der Waals surface area (Å²) in [4.78, 5) is 0. The molecule has 90 valence electrons. The Kier molecular flexibility index (Phi) is 5.33. The first kappa shape index (κ1) is 13.0. The molecule has 0 heterocycles. The SMILES string of the molecule is Cc1cc(C)cc(OCCCCC(C)N)c1. The molecular formula is C14H23NO. The summed E-state index contributed by atoms with van der Waals surface area (Å²) >= 11 is 0. The molecule has 0 spiro atoms. The molecule has 1 atom stereocenters. The Hall–Kier alpha value is -1.02. The van der Waals surface area contributed by atoms with E-state index in [9.17, 15) is 0 Å². The lowest BCUT2D eigenvalue weighted by atomic mass is 10.1. The van der Waals surface area contributed by atoms with Gasteiger partial charge in [-0.25, -0.2) is 0 Å². The molecule has 1 aromatic carbocycles. The van der Waals surface area contributed by atoms with E-state index in [0.29, 0.717) is 6.04 Å². The Balaban J connectivity index is 2.26. The van der Waals surface area contributed by atoms with Crippen LogP contribution >= 0.6 is 0 Å². The minimum absolute atomic E-state index is 0.307. The van der Waals surface area contributed by atoms with Gasteiger partial charge >= 0.3 is 0 Å². The number of ether oxygens (including phenoxy) is 1.